The Morgan fingerprint density at radius 2 is 2.04 bits per heavy atom. The topological polar surface area (TPSA) is 40.5 Å². The summed E-state index contributed by atoms with van der Waals surface area (Å²) >= 11 is 6.09. The van der Waals surface area contributed by atoms with Crippen LogP contribution in [0.15, 0.2) is 30.3 Å². The van der Waals surface area contributed by atoms with Crippen molar-refractivity contribution in [3.8, 4) is 5.75 Å². The Morgan fingerprint density at radius 3 is 2.87 bits per heavy atom. The van der Waals surface area contributed by atoms with Crippen molar-refractivity contribution in [3.63, 3.8) is 0 Å². The normalized spacial score (nSPS) is 20.1. The second kappa shape index (κ2) is 5.66. The fourth-order valence-electron chi connectivity index (χ4n) is 4.02. The molecule has 4 heteroatoms. The molecule has 0 fully saturated rings. The zero-order valence-electron chi connectivity index (χ0n) is 12.8. The summed E-state index contributed by atoms with van der Waals surface area (Å²) in [6.45, 7) is 1.98. The lowest BCUT2D eigenvalue weighted by molar-refractivity contribution is 0.112. The fraction of sp³-hybridized carbons (Fsp3) is 0.316. The van der Waals surface area contributed by atoms with Crippen LogP contribution in [-0.2, 0) is 12.8 Å². The van der Waals surface area contributed by atoms with E-state index in [9.17, 15) is 9.90 Å². The minimum absolute atomic E-state index is 0.0966. The molecule has 0 amide bonds. The number of phenols is 1. The van der Waals surface area contributed by atoms with Gasteiger partial charge in [0.1, 0.15) is 12.0 Å². The first-order chi connectivity index (χ1) is 11.2. The highest BCUT2D eigenvalue weighted by Crippen LogP contribution is 2.42. The maximum atomic E-state index is 11.4. The Morgan fingerprint density at radius 1 is 1.17 bits per heavy atom. The number of hydrogen-bond donors (Lipinski definition) is 1. The van der Waals surface area contributed by atoms with Crippen LogP contribution < -0.4 is 0 Å². The maximum absolute atomic E-state index is 11.4. The predicted molar refractivity (Wildman–Crippen MR) is 90.4 cm³/mol. The van der Waals surface area contributed by atoms with E-state index in [1.165, 1.54) is 11.1 Å². The first-order valence-electron chi connectivity index (χ1n) is 8.01. The van der Waals surface area contributed by atoms with Crippen molar-refractivity contribution < 1.29 is 9.90 Å². The van der Waals surface area contributed by atoms with Gasteiger partial charge in [-0.15, -0.1) is 0 Å². The average Bonchev–Trinajstić information content (AvgIpc) is 2.75. The van der Waals surface area contributed by atoms with Crippen molar-refractivity contribution in [3.05, 3.63) is 63.2 Å². The first-order valence-corrected chi connectivity index (χ1v) is 8.39. The molecule has 0 saturated carbocycles. The van der Waals surface area contributed by atoms with Gasteiger partial charge >= 0.3 is 0 Å². The van der Waals surface area contributed by atoms with Gasteiger partial charge in [0.15, 0.2) is 0 Å². The molecule has 1 unspecified atom stereocenters. The summed E-state index contributed by atoms with van der Waals surface area (Å²) in [5.41, 5.74) is 5.43. The molecule has 2 aromatic carbocycles. The number of halogens is 1. The van der Waals surface area contributed by atoms with Crippen LogP contribution in [-0.4, -0.2) is 29.4 Å². The predicted octanol–water partition coefficient (Wildman–Crippen LogP) is 3.75. The highest BCUT2D eigenvalue weighted by molar-refractivity contribution is 6.32. The van der Waals surface area contributed by atoms with Crippen molar-refractivity contribution in [2.75, 3.05) is 13.1 Å². The van der Waals surface area contributed by atoms with E-state index in [1.54, 1.807) is 6.07 Å². The van der Waals surface area contributed by atoms with Crippen LogP contribution in [0, 0.1) is 0 Å². The number of fused-ring (bicyclic) bond motifs is 5. The molecular formula is C19H18ClNO2. The monoisotopic (exact) mass is 327 g/mol. The Balaban J connectivity index is 1.94. The smallest absolute Gasteiger partial charge is 0.150 e. The van der Waals surface area contributed by atoms with Crippen molar-refractivity contribution in [1.82, 2.24) is 4.90 Å². The lowest BCUT2D eigenvalue weighted by atomic mass is 9.85. The van der Waals surface area contributed by atoms with E-state index in [0.29, 0.717) is 5.02 Å². The zero-order valence-corrected chi connectivity index (χ0v) is 13.5. The summed E-state index contributed by atoms with van der Waals surface area (Å²) in [5.74, 6) is 0.129. The van der Waals surface area contributed by atoms with Crippen LogP contribution in [0.3, 0.4) is 0 Å². The van der Waals surface area contributed by atoms with Crippen LogP contribution in [0.1, 0.15) is 45.1 Å². The van der Waals surface area contributed by atoms with Gasteiger partial charge in [-0.05, 0) is 60.2 Å². The summed E-state index contributed by atoms with van der Waals surface area (Å²) in [5, 5.41) is 10.5. The van der Waals surface area contributed by atoms with E-state index >= 15 is 0 Å². The molecule has 23 heavy (non-hydrogen) atoms. The van der Waals surface area contributed by atoms with Crippen LogP contribution >= 0.6 is 11.6 Å². The van der Waals surface area contributed by atoms with Gasteiger partial charge in [0.25, 0.3) is 0 Å². The molecule has 4 rings (SSSR count). The Bertz CT molecular complexity index is 787. The highest BCUT2D eigenvalue weighted by atomic mass is 35.5. The quantitative estimate of drug-likeness (QED) is 0.811. The first kappa shape index (κ1) is 14.7. The van der Waals surface area contributed by atoms with Gasteiger partial charge in [-0.2, -0.15) is 0 Å². The minimum Gasteiger partial charge on any atom is -0.506 e. The largest absolute Gasteiger partial charge is 0.506 e. The fourth-order valence-corrected chi connectivity index (χ4v) is 4.21. The summed E-state index contributed by atoms with van der Waals surface area (Å²) in [4.78, 5) is 13.9. The molecule has 0 spiro atoms. The Labute approximate surface area is 140 Å². The molecule has 0 radical (unpaired) electrons. The van der Waals surface area contributed by atoms with Gasteiger partial charge in [-0.3, -0.25) is 9.69 Å². The molecule has 0 bridgehead atoms. The highest BCUT2D eigenvalue weighted by Gasteiger charge is 2.33. The number of carbonyl (C=O) groups is 1. The number of benzene rings is 2. The third-order valence-electron chi connectivity index (χ3n) is 5.08. The van der Waals surface area contributed by atoms with Gasteiger partial charge in [0.2, 0.25) is 0 Å². The number of hydrogen-bond acceptors (Lipinski definition) is 3. The number of carbonyl (C=O) groups excluding carboxylic acids is 1. The number of aldehydes is 1. The molecule has 0 aliphatic carbocycles. The number of nitrogens with zero attached hydrogens (tertiary/aromatic N) is 1. The van der Waals surface area contributed by atoms with Crippen LogP contribution in [0.5, 0.6) is 5.75 Å². The van der Waals surface area contributed by atoms with Crippen molar-refractivity contribution in [2.45, 2.75) is 25.3 Å². The summed E-state index contributed by atoms with van der Waals surface area (Å²) in [6, 6.07) is 9.75. The summed E-state index contributed by atoms with van der Waals surface area (Å²) in [6.07, 6.45) is 3.86. The van der Waals surface area contributed by atoms with E-state index in [-0.39, 0.29) is 11.8 Å². The SMILES string of the molecule is O=Cc1cccc2c1CCCN1CCc3cc(Cl)c(O)cc3C21. The minimum atomic E-state index is 0.0966. The third-order valence-corrected chi connectivity index (χ3v) is 5.38. The molecule has 0 aromatic heterocycles. The van der Waals surface area contributed by atoms with Crippen molar-refractivity contribution in [1.29, 1.82) is 0 Å². The molecule has 0 saturated heterocycles. The van der Waals surface area contributed by atoms with Crippen LogP contribution in [0.2, 0.25) is 5.02 Å². The van der Waals surface area contributed by atoms with Gasteiger partial charge < -0.3 is 5.11 Å². The van der Waals surface area contributed by atoms with E-state index < -0.39 is 0 Å². The molecule has 118 valence electrons. The molecule has 1 N–H and O–H groups in total. The van der Waals surface area contributed by atoms with E-state index in [0.717, 1.165) is 55.3 Å². The van der Waals surface area contributed by atoms with Crippen molar-refractivity contribution >= 4 is 17.9 Å². The maximum Gasteiger partial charge on any atom is 0.150 e. The Hall–Kier alpha value is -1.84. The third kappa shape index (κ3) is 2.35. The second-order valence-electron chi connectivity index (χ2n) is 6.33. The van der Waals surface area contributed by atoms with Crippen molar-refractivity contribution in [2.24, 2.45) is 0 Å². The molecule has 2 heterocycles. The van der Waals surface area contributed by atoms with Gasteiger partial charge in [-0.1, -0.05) is 29.8 Å². The van der Waals surface area contributed by atoms with Gasteiger partial charge in [0.05, 0.1) is 11.1 Å². The lowest BCUT2D eigenvalue weighted by Gasteiger charge is -2.37. The van der Waals surface area contributed by atoms with Crippen LogP contribution in [0.25, 0.3) is 0 Å². The summed E-state index contributed by atoms with van der Waals surface area (Å²) in [7, 11) is 0. The van der Waals surface area contributed by atoms with Crippen LogP contribution in [0.4, 0.5) is 0 Å². The molecule has 1 atom stereocenters. The van der Waals surface area contributed by atoms with E-state index in [4.69, 9.17) is 11.6 Å². The molecule has 2 aromatic rings. The number of aromatic hydroxyl groups is 1. The number of phenolic OH excluding ortho intramolecular Hbond substituents is 1. The molecular weight excluding hydrogens is 310 g/mol. The molecule has 2 aliphatic heterocycles. The van der Waals surface area contributed by atoms with E-state index in [2.05, 4.69) is 11.0 Å². The Kier molecular flexibility index (Phi) is 3.63. The second-order valence-corrected chi connectivity index (χ2v) is 6.73. The van der Waals surface area contributed by atoms with Gasteiger partial charge in [0, 0.05) is 12.1 Å². The average molecular weight is 328 g/mol. The zero-order chi connectivity index (χ0) is 16.0. The lowest BCUT2D eigenvalue weighted by Crippen LogP contribution is -2.36. The standard InChI is InChI=1S/C19H18ClNO2/c20-17-9-12-6-8-21-7-2-5-14-13(11-22)3-1-4-15(14)19(21)16(12)10-18(17)23/h1,3-4,9-11,19,23H,2,5-8H2. The molecule has 3 nitrogen and oxygen atoms in total. The molecule has 2 aliphatic rings. The van der Waals surface area contributed by atoms with E-state index in [1.807, 2.05) is 18.2 Å². The summed E-state index contributed by atoms with van der Waals surface area (Å²) < 4.78 is 0. The number of rotatable bonds is 1. The van der Waals surface area contributed by atoms with Gasteiger partial charge in [-0.25, -0.2) is 0 Å².